The fourth-order valence-corrected chi connectivity index (χ4v) is 2.25. The van der Waals surface area contributed by atoms with Gasteiger partial charge in [0.1, 0.15) is 6.42 Å². The molecule has 2 amide bonds. The zero-order valence-electron chi connectivity index (χ0n) is 13.5. The van der Waals surface area contributed by atoms with Crippen molar-refractivity contribution in [2.75, 3.05) is 5.32 Å². The average molecular weight is 321 g/mol. The highest BCUT2D eigenvalue weighted by Gasteiger charge is 2.05. The molecule has 0 radical (unpaired) electrons. The van der Waals surface area contributed by atoms with Crippen molar-refractivity contribution < 1.29 is 9.59 Å². The molecular weight excluding hydrogens is 302 g/mol. The van der Waals surface area contributed by atoms with Crippen LogP contribution in [-0.2, 0) is 22.6 Å². The van der Waals surface area contributed by atoms with E-state index < -0.39 is 0 Å². The van der Waals surface area contributed by atoms with Crippen LogP contribution in [0.3, 0.4) is 0 Å². The number of anilines is 1. The minimum absolute atomic E-state index is 0.0735. The average Bonchev–Trinajstić information content (AvgIpc) is 2.54. The monoisotopic (exact) mass is 321 g/mol. The van der Waals surface area contributed by atoms with E-state index >= 15 is 0 Å². The molecule has 0 spiro atoms. The molecule has 0 atom stereocenters. The minimum Gasteiger partial charge on any atom is -0.351 e. The first kappa shape index (κ1) is 17.2. The van der Waals surface area contributed by atoms with E-state index in [4.69, 9.17) is 5.26 Å². The van der Waals surface area contributed by atoms with Gasteiger partial charge in [0.25, 0.3) is 0 Å². The Morgan fingerprint density at radius 3 is 2.46 bits per heavy atom. The summed E-state index contributed by atoms with van der Waals surface area (Å²) in [5, 5.41) is 13.9. The third kappa shape index (κ3) is 5.58. The van der Waals surface area contributed by atoms with Gasteiger partial charge < -0.3 is 10.6 Å². The molecule has 122 valence electrons. The molecule has 24 heavy (non-hydrogen) atoms. The zero-order valence-corrected chi connectivity index (χ0v) is 13.5. The van der Waals surface area contributed by atoms with E-state index in [1.54, 1.807) is 18.2 Å². The number of carbonyl (C=O) groups is 2. The van der Waals surface area contributed by atoms with E-state index in [2.05, 4.69) is 10.6 Å². The Kier molecular flexibility index (Phi) is 6.09. The first-order valence-corrected chi connectivity index (χ1v) is 7.65. The summed E-state index contributed by atoms with van der Waals surface area (Å²) in [4.78, 5) is 23.3. The van der Waals surface area contributed by atoms with Crippen LogP contribution in [0.4, 0.5) is 5.69 Å². The Labute approximate surface area is 141 Å². The Hall–Kier alpha value is -3.13. The second-order valence-electron chi connectivity index (χ2n) is 5.52. The van der Waals surface area contributed by atoms with Crippen LogP contribution in [0.25, 0.3) is 0 Å². The van der Waals surface area contributed by atoms with Gasteiger partial charge in [0.05, 0.1) is 12.5 Å². The van der Waals surface area contributed by atoms with Gasteiger partial charge in [0.15, 0.2) is 0 Å². The number of aryl methyl sites for hydroxylation is 1. The van der Waals surface area contributed by atoms with E-state index in [1.165, 1.54) is 0 Å². The number of hydrogen-bond acceptors (Lipinski definition) is 3. The van der Waals surface area contributed by atoms with Crippen LogP contribution in [0.15, 0.2) is 48.5 Å². The molecule has 0 aromatic heterocycles. The molecular formula is C19H19N3O2. The summed E-state index contributed by atoms with van der Waals surface area (Å²) in [5.41, 5.74) is 3.71. The second kappa shape index (κ2) is 8.49. The second-order valence-corrected chi connectivity index (χ2v) is 5.52. The summed E-state index contributed by atoms with van der Waals surface area (Å²) in [6.07, 6.45) is 0.181. The fraction of sp³-hybridized carbons (Fsp3) is 0.211. The van der Waals surface area contributed by atoms with E-state index in [0.717, 1.165) is 16.7 Å². The number of nitrogens with zero attached hydrogens (tertiary/aromatic N) is 1. The molecule has 5 heteroatoms. The summed E-state index contributed by atoms with van der Waals surface area (Å²) in [6, 6.07) is 16.9. The van der Waals surface area contributed by atoms with Gasteiger partial charge in [0.2, 0.25) is 11.8 Å². The third-order valence-corrected chi connectivity index (χ3v) is 3.41. The van der Waals surface area contributed by atoms with E-state index in [9.17, 15) is 9.59 Å². The topological polar surface area (TPSA) is 82.0 Å². The van der Waals surface area contributed by atoms with Crippen LogP contribution >= 0.6 is 0 Å². The van der Waals surface area contributed by atoms with Crippen LogP contribution in [0, 0.1) is 18.3 Å². The normalized spacial score (nSPS) is 9.83. The molecule has 0 heterocycles. The molecule has 0 aliphatic rings. The molecule has 0 fully saturated rings. The number of benzene rings is 2. The highest BCUT2D eigenvalue weighted by Crippen LogP contribution is 2.11. The molecule has 2 aromatic carbocycles. The lowest BCUT2D eigenvalue weighted by molar-refractivity contribution is -0.120. The molecule has 0 bridgehead atoms. The standard InChI is InChI=1S/C19H19N3O2/c1-14-3-2-4-16(11-14)12-19(24)22-17-7-5-15(6-8-17)13-21-18(23)9-10-20/h2-8,11H,9,12-13H2,1H3,(H,21,23)(H,22,24). The van der Waals surface area contributed by atoms with E-state index in [0.29, 0.717) is 18.7 Å². The van der Waals surface area contributed by atoms with Gasteiger partial charge in [-0.2, -0.15) is 5.26 Å². The maximum Gasteiger partial charge on any atom is 0.234 e. The Balaban J connectivity index is 1.86. The van der Waals surface area contributed by atoms with Crippen molar-refractivity contribution >= 4 is 17.5 Å². The first-order chi connectivity index (χ1) is 11.6. The molecule has 0 saturated heterocycles. The van der Waals surface area contributed by atoms with Gasteiger partial charge in [-0.25, -0.2) is 0 Å². The number of nitrogens with one attached hydrogen (secondary N) is 2. The van der Waals surface area contributed by atoms with Crippen LogP contribution in [0.2, 0.25) is 0 Å². The minimum atomic E-state index is -0.298. The smallest absolute Gasteiger partial charge is 0.234 e. The largest absolute Gasteiger partial charge is 0.351 e. The maximum absolute atomic E-state index is 12.1. The predicted octanol–water partition coefficient (Wildman–Crippen LogP) is 2.71. The van der Waals surface area contributed by atoms with Crippen molar-refractivity contribution in [3.8, 4) is 6.07 Å². The quantitative estimate of drug-likeness (QED) is 0.858. The highest BCUT2D eigenvalue weighted by atomic mass is 16.2. The summed E-state index contributed by atoms with van der Waals surface area (Å²) in [6.45, 7) is 2.35. The molecule has 0 aliphatic heterocycles. The fourth-order valence-electron chi connectivity index (χ4n) is 2.25. The molecule has 2 aromatic rings. The lowest BCUT2D eigenvalue weighted by Gasteiger charge is -2.08. The van der Waals surface area contributed by atoms with Crippen molar-refractivity contribution in [1.29, 1.82) is 5.26 Å². The van der Waals surface area contributed by atoms with Crippen LogP contribution < -0.4 is 10.6 Å². The van der Waals surface area contributed by atoms with Crippen molar-refractivity contribution in [2.45, 2.75) is 26.3 Å². The predicted molar refractivity (Wildman–Crippen MR) is 92.0 cm³/mol. The van der Waals surface area contributed by atoms with Crippen LogP contribution in [0.5, 0.6) is 0 Å². The molecule has 0 unspecified atom stereocenters. The summed E-state index contributed by atoms with van der Waals surface area (Å²) >= 11 is 0. The number of rotatable bonds is 6. The van der Waals surface area contributed by atoms with Gasteiger partial charge in [-0.05, 0) is 30.2 Å². The number of amides is 2. The van der Waals surface area contributed by atoms with Crippen molar-refractivity contribution in [1.82, 2.24) is 5.32 Å². The van der Waals surface area contributed by atoms with Gasteiger partial charge in [-0.15, -0.1) is 0 Å². The lowest BCUT2D eigenvalue weighted by Crippen LogP contribution is -2.21. The van der Waals surface area contributed by atoms with Crippen molar-refractivity contribution in [2.24, 2.45) is 0 Å². The van der Waals surface area contributed by atoms with E-state index in [1.807, 2.05) is 43.3 Å². The SMILES string of the molecule is Cc1cccc(CC(=O)Nc2ccc(CNC(=O)CC#N)cc2)c1. The van der Waals surface area contributed by atoms with Gasteiger partial charge in [-0.3, -0.25) is 9.59 Å². The van der Waals surface area contributed by atoms with Crippen molar-refractivity contribution in [3.63, 3.8) is 0 Å². The number of carbonyl (C=O) groups excluding carboxylic acids is 2. The maximum atomic E-state index is 12.1. The zero-order chi connectivity index (χ0) is 17.4. The van der Waals surface area contributed by atoms with E-state index in [-0.39, 0.29) is 18.2 Å². The Morgan fingerprint density at radius 2 is 1.79 bits per heavy atom. The number of hydrogen-bond donors (Lipinski definition) is 2. The Morgan fingerprint density at radius 1 is 1.04 bits per heavy atom. The molecule has 5 nitrogen and oxygen atoms in total. The summed E-state index contributed by atoms with van der Waals surface area (Å²) in [7, 11) is 0. The van der Waals surface area contributed by atoms with Gasteiger partial charge in [0, 0.05) is 12.2 Å². The molecule has 0 aliphatic carbocycles. The third-order valence-electron chi connectivity index (χ3n) is 3.41. The Bertz CT molecular complexity index is 761. The molecule has 0 saturated carbocycles. The van der Waals surface area contributed by atoms with Crippen LogP contribution in [-0.4, -0.2) is 11.8 Å². The first-order valence-electron chi connectivity index (χ1n) is 7.65. The van der Waals surface area contributed by atoms with Gasteiger partial charge in [-0.1, -0.05) is 42.0 Å². The number of nitriles is 1. The van der Waals surface area contributed by atoms with Crippen LogP contribution in [0.1, 0.15) is 23.1 Å². The lowest BCUT2D eigenvalue weighted by atomic mass is 10.1. The highest BCUT2D eigenvalue weighted by molar-refractivity contribution is 5.92. The summed E-state index contributed by atoms with van der Waals surface area (Å²) < 4.78 is 0. The van der Waals surface area contributed by atoms with Crippen molar-refractivity contribution in [3.05, 3.63) is 65.2 Å². The summed E-state index contributed by atoms with van der Waals surface area (Å²) in [5.74, 6) is -0.372. The molecule has 2 N–H and O–H groups in total. The molecule has 2 rings (SSSR count). The van der Waals surface area contributed by atoms with Gasteiger partial charge >= 0.3 is 0 Å².